The molecule has 0 radical (unpaired) electrons. The van der Waals surface area contributed by atoms with E-state index in [1.165, 1.54) is 5.69 Å². The number of hydrogen-bond donors (Lipinski definition) is 2. The van der Waals surface area contributed by atoms with Gasteiger partial charge in [0.1, 0.15) is 11.3 Å². The Kier molecular flexibility index (Phi) is 4.18. The van der Waals surface area contributed by atoms with Crippen LogP contribution in [0.3, 0.4) is 0 Å². The van der Waals surface area contributed by atoms with Crippen LogP contribution < -0.4 is 16.0 Å². The molecule has 6 nitrogen and oxygen atoms in total. The van der Waals surface area contributed by atoms with Crippen molar-refractivity contribution in [1.82, 2.24) is 15.3 Å². The molecule has 2 aromatic carbocycles. The van der Waals surface area contributed by atoms with E-state index in [0.29, 0.717) is 17.3 Å². The molecule has 0 unspecified atom stereocenters. The van der Waals surface area contributed by atoms with Gasteiger partial charge in [-0.3, -0.25) is 0 Å². The SMILES string of the molecule is Nc1ncc(-c2ccc(N3CCNCC3)cc2)cc1-c1nc2ccccc2o1. The van der Waals surface area contributed by atoms with Crippen LogP contribution in [0.2, 0.25) is 0 Å². The summed E-state index contributed by atoms with van der Waals surface area (Å²) in [6.07, 6.45) is 1.79. The van der Waals surface area contributed by atoms with Gasteiger partial charge >= 0.3 is 0 Å². The third kappa shape index (κ3) is 3.08. The van der Waals surface area contributed by atoms with E-state index in [1.54, 1.807) is 6.20 Å². The zero-order chi connectivity index (χ0) is 18.9. The molecule has 2 aromatic heterocycles. The number of anilines is 2. The summed E-state index contributed by atoms with van der Waals surface area (Å²) >= 11 is 0. The van der Waals surface area contributed by atoms with Crippen molar-refractivity contribution in [3.8, 4) is 22.6 Å². The number of piperazine rings is 1. The molecule has 0 amide bonds. The van der Waals surface area contributed by atoms with Crippen LogP contribution in [0.25, 0.3) is 33.7 Å². The fourth-order valence-corrected chi connectivity index (χ4v) is 3.58. The number of benzene rings is 2. The van der Waals surface area contributed by atoms with Gasteiger partial charge in [-0.05, 0) is 35.9 Å². The van der Waals surface area contributed by atoms with Crippen molar-refractivity contribution < 1.29 is 4.42 Å². The minimum atomic E-state index is 0.410. The van der Waals surface area contributed by atoms with Gasteiger partial charge in [0.15, 0.2) is 5.58 Å². The summed E-state index contributed by atoms with van der Waals surface area (Å²) in [5, 5.41) is 3.38. The summed E-state index contributed by atoms with van der Waals surface area (Å²) in [5.74, 6) is 0.901. The van der Waals surface area contributed by atoms with Gasteiger partial charge in [-0.2, -0.15) is 0 Å². The van der Waals surface area contributed by atoms with E-state index in [9.17, 15) is 0 Å². The van der Waals surface area contributed by atoms with Crippen molar-refractivity contribution in [1.29, 1.82) is 0 Å². The lowest BCUT2D eigenvalue weighted by Crippen LogP contribution is -2.43. The van der Waals surface area contributed by atoms with E-state index >= 15 is 0 Å². The van der Waals surface area contributed by atoms with Crippen LogP contribution in [-0.2, 0) is 0 Å². The third-order valence-corrected chi connectivity index (χ3v) is 5.13. The maximum atomic E-state index is 6.12. The molecule has 1 fully saturated rings. The first-order valence-corrected chi connectivity index (χ1v) is 9.45. The van der Waals surface area contributed by atoms with Gasteiger partial charge < -0.3 is 20.4 Å². The molecule has 140 valence electrons. The predicted octanol–water partition coefficient (Wildman–Crippen LogP) is 3.55. The number of hydrogen-bond acceptors (Lipinski definition) is 6. The molecule has 3 N–H and O–H groups in total. The summed E-state index contributed by atoms with van der Waals surface area (Å²) < 4.78 is 5.88. The van der Waals surface area contributed by atoms with Crippen molar-refractivity contribution in [2.75, 3.05) is 36.8 Å². The maximum Gasteiger partial charge on any atom is 0.231 e. The van der Waals surface area contributed by atoms with Crippen molar-refractivity contribution in [3.63, 3.8) is 0 Å². The Morgan fingerprint density at radius 2 is 1.75 bits per heavy atom. The van der Waals surface area contributed by atoms with Gasteiger partial charge in [0.05, 0.1) is 5.56 Å². The zero-order valence-corrected chi connectivity index (χ0v) is 15.4. The Hall–Kier alpha value is -3.38. The molecule has 4 aromatic rings. The normalized spacial score (nSPS) is 14.5. The molecule has 0 bridgehead atoms. The number of para-hydroxylation sites is 2. The molecule has 0 atom stereocenters. The predicted molar refractivity (Wildman–Crippen MR) is 112 cm³/mol. The molecule has 28 heavy (non-hydrogen) atoms. The molecule has 5 rings (SSSR count). The van der Waals surface area contributed by atoms with Crippen LogP contribution in [0.1, 0.15) is 0 Å². The number of nitrogens with zero attached hydrogens (tertiary/aromatic N) is 3. The molecule has 6 heteroatoms. The zero-order valence-electron chi connectivity index (χ0n) is 15.4. The van der Waals surface area contributed by atoms with E-state index in [2.05, 4.69) is 44.5 Å². The lowest BCUT2D eigenvalue weighted by molar-refractivity contribution is 0.589. The summed E-state index contributed by atoms with van der Waals surface area (Å²) in [7, 11) is 0. The van der Waals surface area contributed by atoms with Crippen molar-refractivity contribution in [3.05, 3.63) is 60.8 Å². The highest BCUT2D eigenvalue weighted by atomic mass is 16.3. The number of nitrogens with two attached hydrogens (primary N) is 1. The van der Waals surface area contributed by atoms with Gasteiger partial charge in [-0.1, -0.05) is 24.3 Å². The van der Waals surface area contributed by atoms with Crippen molar-refractivity contribution >= 4 is 22.6 Å². The largest absolute Gasteiger partial charge is 0.436 e. The van der Waals surface area contributed by atoms with Gasteiger partial charge in [-0.15, -0.1) is 0 Å². The Morgan fingerprint density at radius 1 is 0.964 bits per heavy atom. The maximum absolute atomic E-state index is 6.12. The summed E-state index contributed by atoms with van der Waals surface area (Å²) in [6, 6.07) is 18.3. The van der Waals surface area contributed by atoms with E-state index in [0.717, 1.165) is 48.4 Å². The molecule has 1 aliphatic rings. The molecule has 0 spiro atoms. The van der Waals surface area contributed by atoms with Crippen LogP contribution in [0.4, 0.5) is 11.5 Å². The van der Waals surface area contributed by atoms with Gasteiger partial charge in [0, 0.05) is 43.6 Å². The standard InChI is InChI=1S/C22H21N5O/c23-21-18(22-26-19-3-1-2-4-20(19)28-22)13-16(14-25-21)15-5-7-17(8-6-15)27-11-9-24-10-12-27/h1-8,13-14,24H,9-12H2,(H2,23,25). The Morgan fingerprint density at radius 3 is 2.54 bits per heavy atom. The molecule has 3 heterocycles. The topological polar surface area (TPSA) is 80.2 Å². The number of aromatic nitrogens is 2. The average molecular weight is 371 g/mol. The highest BCUT2D eigenvalue weighted by Gasteiger charge is 2.14. The highest BCUT2D eigenvalue weighted by molar-refractivity contribution is 5.81. The molecule has 1 saturated heterocycles. The highest BCUT2D eigenvalue weighted by Crippen LogP contribution is 2.32. The monoisotopic (exact) mass is 371 g/mol. The number of oxazole rings is 1. The van der Waals surface area contributed by atoms with E-state index in [4.69, 9.17) is 10.2 Å². The Labute approximate surface area is 163 Å². The second-order valence-corrected chi connectivity index (χ2v) is 6.93. The van der Waals surface area contributed by atoms with Crippen LogP contribution in [0, 0.1) is 0 Å². The Balaban J connectivity index is 1.48. The molecular weight excluding hydrogens is 350 g/mol. The Bertz CT molecular complexity index is 1080. The van der Waals surface area contributed by atoms with Gasteiger partial charge in [0.25, 0.3) is 0 Å². The van der Waals surface area contributed by atoms with E-state index < -0.39 is 0 Å². The number of nitrogen functional groups attached to an aromatic ring is 1. The molecule has 0 aliphatic carbocycles. The van der Waals surface area contributed by atoms with Crippen LogP contribution in [-0.4, -0.2) is 36.1 Å². The molecule has 0 saturated carbocycles. The summed E-state index contributed by atoms with van der Waals surface area (Å²) in [5.41, 5.74) is 11.7. The fourth-order valence-electron chi connectivity index (χ4n) is 3.58. The summed E-state index contributed by atoms with van der Waals surface area (Å²) in [4.78, 5) is 11.3. The van der Waals surface area contributed by atoms with Crippen molar-refractivity contribution in [2.24, 2.45) is 0 Å². The van der Waals surface area contributed by atoms with Gasteiger partial charge in [0.2, 0.25) is 5.89 Å². The first-order chi connectivity index (χ1) is 13.8. The average Bonchev–Trinajstić information content (AvgIpc) is 3.19. The number of nitrogens with one attached hydrogen (secondary N) is 1. The minimum absolute atomic E-state index is 0.410. The van der Waals surface area contributed by atoms with E-state index in [-0.39, 0.29) is 0 Å². The number of pyridine rings is 1. The lowest BCUT2D eigenvalue weighted by atomic mass is 10.0. The van der Waals surface area contributed by atoms with Crippen LogP contribution in [0.15, 0.2) is 65.2 Å². The summed E-state index contributed by atoms with van der Waals surface area (Å²) in [6.45, 7) is 4.12. The second kappa shape index (κ2) is 6.98. The smallest absolute Gasteiger partial charge is 0.231 e. The lowest BCUT2D eigenvalue weighted by Gasteiger charge is -2.29. The minimum Gasteiger partial charge on any atom is -0.436 e. The second-order valence-electron chi connectivity index (χ2n) is 6.93. The third-order valence-electron chi connectivity index (χ3n) is 5.13. The first kappa shape index (κ1) is 16.8. The van der Waals surface area contributed by atoms with Crippen LogP contribution in [0.5, 0.6) is 0 Å². The van der Waals surface area contributed by atoms with E-state index in [1.807, 2.05) is 30.3 Å². The number of rotatable bonds is 3. The molecule has 1 aliphatic heterocycles. The van der Waals surface area contributed by atoms with Gasteiger partial charge in [-0.25, -0.2) is 9.97 Å². The first-order valence-electron chi connectivity index (χ1n) is 9.45. The quantitative estimate of drug-likeness (QED) is 0.573. The van der Waals surface area contributed by atoms with Crippen LogP contribution >= 0.6 is 0 Å². The molecular formula is C22H21N5O. The van der Waals surface area contributed by atoms with Crippen molar-refractivity contribution in [2.45, 2.75) is 0 Å². The fraction of sp³-hybridized carbons (Fsp3) is 0.182. The number of fused-ring (bicyclic) bond motifs is 1.